The van der Waals surface area contributed by atoms with Crippen LogP contribution in [0.25, 0.3) is 0 Å². The van der Waals surface area contributed by atoms with E-state index in [9.17, 15) is 19.0 Å². The Hall–Kier alpha value is -2.03. The van der Waals surface area contributed by atoms with E-state index in [1.54, 1.807) is 0 Å². The first-order chi connectivity index (χ1) is 33.4. The van der Waals surface area contributed by atoms with Crippen LogP contribution in [0.5, 0.6) is 0 Å². The van der Waals surface area contributed by atoms with Crippen molar-refractivity contribution in [1.82, 2.24) is 5.32 Å². The molecule has 0 aliphatic carbocycles. The summed E-state index contributed by atoms with van der Waals surface area (Å²) in [5.74, 6) is -0.524. The molecule has 9 nitrogen and oxygen atoms in total. The van der Waals surface area contributed by atoms with Crippen molar-refractivity contribution >= 4 is 19.7 Å². The molecule has 0 aromatic carbocycles. The number of hydrogen-bond donors (Lipinski definition) is 2. The van der Waals surface area contributed by atoms with Crippen molar-refractivity contribution in [3.05, 3.63) is 48.6 Å². The fourth-order valence-corrected chi connectivity index (χ4v) is 9.04. The van der Waals surface area contributed by atoms with E-state index >= 15 is 0 Å². The lowest BCUT2D eigenvalue weighted by molar-refractivity contribution is -0.870. The number of likely N-dealkylation sites (N-methyl/N-ethyl adjacent to an activating group) is 1. The topological polar surface area (TPSA) is 111 Å². The van der Waals surface area contributed by atoms with Crippen LogP contribution in [0.3, 0.4) is 0 Å². The van der Waals surface area contributed by atoms with Crippen molar-refractivity contribution in [3.8, 4) is 0 Å². The SMILES string of the molecule is CC/C=C/C/C=C/C/C=C/CCCCCCC(=O)NC(COP(=O)(O)OCC[N+](C)(C)C)C(/C=C/CCCCCCCCCCCC)OC(=O)CCCCCCCCCCCCCCCCCCC. The number of unbranched alkanes of at least 4 members (excludes halogenated alkanes) is 30. The Bertz CT molecular complexity index is 1330. The van der Waals surface area contributed by atoms with Crippen LogP contribution < -0.4 is 5.32 Å². The van der Waals surface area contributed by atoms with Gasteiger partial charge in [-0.2, -0.15) is 0 Å². The quantitative estimate of drug-likeness (QED) is 0.0205. The van der Waals surface area contributed by atoms with Gasteiger partial charge >= 0.3 is 13.8 Å². The lowest BCUT2D eigenvalue weighted by Gasteiger charge is -2.27. The van der Waals surface area contributed by atoms with Gasteiger partial charge in [0.1, 0.15) is 19.3 Å². The smallest absolute Gasteiger partial charge is 0.456 e. The normalized spacial score (nSPS) is 14.1. The molecule has 0 radical (unpaired) electrons. The molecule has 2 N–H and O–H groups in total. The molecule has 0 heterocycles. The van der Waals surface area contributed by atoms with Gasteiger partial charge in [0.2, 0.25) is 5.91 Å². The second kappa shape index (κ2) is 49.5. The number of allylic oxidation sites excluding steroid dienone is 7. The summed E-state index contributed by atoms with van der Waals surface area (Å²) in [7, 11) is 1.48. The van der Waals surface area contributed by atoms with Crippen LogP contribution in [0.1, 0.15) is 265 Å². The maximum atomic E-state index is 13.5. The van der Waals surface area contributed by atoms with Crippen molar-refractivity contribution < 1.29 is 37.3 Å². The van der Waals surface area contributed by atoms with Gasteiger partial charge < -0.3 is 19.4 Å². The Labute approximate surface area is 427 Å². The summed E-state index contributed by atoms with van der Waals surface area (Å²) in [6, 6.07) is -0.856. The lowest BCUT2D eigenvalue weighted by Crippen LogP contribution is -2.47. The van der Waals surface area contributed by atoms with Gasteiger partial charge in [0.15, 0.2) is 0 Å². The minimum absolute atomic E-state index is 0.0363. The number of rotatable bonds is 52. The highest BCUT2D eigenvalue weighted by Gasteiger charge is 2.30. The number of phosphoric acid groups is 1. The Morgan fingerprint density at radius 3 is 1.39 bits per heavy atom. The molecule has 69 heavy (non-hydrogen) atoms. The van der Waals surface area contributed by atoms with Gasteiger partial charge in [0.05, 0.1) is 33.8 Å². The summed E-state index contributed by atoms with van der Waals surface area (Å²) >= 11 is 0. The maximum absolute atomic E-state index is 13.5. The molecule has 10 heteroatoms. The van der Waals surface area contributed by atoms with Gasteiger partial charge in [0, 0.05) is 12.8 Å². The van der Waals surface area contributed by atoms with Crippen LogP contribution in [0.15, 0.2) is 48.6 Å². The molecule has 404 valence electrons. The van der Waals surface area contributed by atoms with Gasteiger partial charge in [-0.05, 0) is 63.9 Å². The van der Waals surface area contributed by atoms with E-state index in [1.807, 2.05) is 33.3 Å². The number of hydrogen-bond acceptors (Lipinski definition) is 6. The minimum Gasteiger partial charge on any atom is -0.456 e. The molecule has 0 bridgehead atoms. The number of nitrogens with zero attached hydrogens (tertiary/aromatic N) is 1. The Kier molecular flexibility index (Phi) is 48.1. The molecule has 3 atom stereocenters. The van der Waals surface area contributed by atoms with Crippen molar-refractivity contribution in [2.45, 2.75) is 277 Å². The number of phosphoric ester groups is 1. The van der Waals surface area contributed by atoms with E-state index < -0.39 is 20.0 Å². The molecular formula is C59H112N2O7P+. The third-order valence-corrected chi connectivity index (χ3v) is 13.8. The molecule has 0 aromatic rings. The molecule has 0 saturated carbocycles. The van der Waals surface area contributed by atoms with Crippen molar-refractivity contribution in [2.24, 2.45) is 0 Å². The van der Waals surface area contributed by atoms with E-state index in [0.29, 0.717) is 17.4 Å². The predicted molar refractivity (Wildman–Crippen MR) is 295 cm³/mol. The van der Waals surface area contributed by atoms with Gasteiger partial charge in [-0.1, -0.05) is 237 Å². The average Bonchev–Trinajstić information content (AvgIpc) is 3.31. The fourth-order valence-electron chi connectivity index (χ4n) is 8.31. The van der Waals surface area contributed by atoms with Crippen molar-refractivity contribution in [1.29, 1.82) is 0 Å². The van der Waals surface area contributed by atoms with E-state index in [4.69, 9.17) is 13.8 Å². The molecule has 1 amide bonds. The molecular weight excluding hydrogens is 880 g/mol. The zero-order chi connectivity index (χ0) is 50.8. The number of quaternary nitrogens is 1. The van der Waals surface area contributed by atoms with Crippen LogP contribution in [-0.4, -0.2) is 74.3 Å². The lowest BCUT2D eigenvalue weighted by atomic mass is 10.0. The molecule has 0 saturated heterocycles. The summed E-state index contributed by atoms with van der Waals surface area (Å²) in [5, 5.41) is 3.04. The molecule has 0 aliphatic rings. The van der Waals surface area contributed by atoms with Crippen molar-refractivity contribution in [3.63, 3.8) is 0 Å². The average molecular weight is 993 g/mol. The number of carbonyl (C=O) groups excluding carboxylic acids is 2. The third-order valence-electron chi connectivity index (χ3n) is 12.8. The Morgan fingerprint density at radius 1 is 0.522 bits per heavy atom. The summed E-state index contributed by atoms with van der Waals surface area (Å²) in [4.78, 5) is 37.6. The fraction of sp³-hybridized carbons (Fsp3) is 0.831. The number of carbonyl (C=O) groups is 2. The van der Waals surface area contributed by atoms with Crippen LogP contribution in [0, 0.1) is 0 Å². The molecule has 0 spiro atoms. The first-order valence-electron chi connectivity index (χ1n) is 29.0. The summed E-state index contributed by atoms with van der Waals surface area (Å²) in [6.07, 6.45) is 59.6. The number of esters is 1. The molecule has 0 rings (SSSR count). The van der Waals surface area contributed by atoms with E-state index in [1.165, 1.54) is 141 Å². The summed E-state index contributed by atoms with van der Waals surface area (Å²) in [6.45, 7) is 6.89. The highest BCUT2D eigenvalue weighted by atomic mass is 31.2. The van der Waals surface area contributed by atoms with Crippen molar-refractivity contribution in [2.75, 3.05) is 40.9 Å². The van der Waals surface area contributed by atoms with Gasteiger partial charge in [-0.25, -0.2) is 4.57 Å². The maximum Gasteiger partial charge on any atom is 0.472 e. The molecule has 0 fully saturated rings. The van der Waals surface area contributed by atoms with E-state index in [0.717, 1.165) is 89.9 Å². The summed E-state index contributed by atoms with van der Waals surface area (Å²) < 4.78 is 30.6. The van der Waals surface area contributed by atoms with Gasteiger partial charge in [0.25, 0.3) is 0 Å². The molecule has 0 aromatic heterocycles. The first-order valence-corrected chi connectivity index (χ1v) is 30.5. The van der Waals surface area contributed by atoms with Crippen LogP contribution in [-0.2, 0) is 27.9 Å². The molecule has 0 aliphatic heterocycles. The van der Waals surface area contributed by atoms with Crippen LogP contribution in [0.2, 0.25) is 0 Å². The monoisotopic (exact) mass is 992 g/mol. The predicted octanol–water partition coefficient (Wildman–Crippen LogP) is 17.3. The minimum atomic E-state index is -4.45. The number of ether oxygens (including phenoxy) is 1. The standard InChI is InChI=1S/C59H111N2O7P/c1-7-10-13-16-19-22-25-28-30-31-32-34-37-40-43-46-49-52-59(63)68-57(50-47-44-41-38-35-27-24-21-18-15-12-9-3)56(55-67-69(64,65)66-54-53-61(4,5)6)60-58(62)51-48-45-42-39-36-33-29-26-23-20-17-14-11-8-2/h11,14,20,23,29,33,47,50,56-57H,7-10,12-13,15-19,21-22,24-28,30-32,34-46,48-49,51-55H2,1-6H3,(H-,60,62,64,65)/p+1/b14-11+,23-20+,33-29+,50-47+. The first kappa shape index (κ1) is 67.0. The zero-order valence-electron chi connectivity index (χ0n) is 46.1. The van der Waals surface area contributed by atoms with Gasteiger partial charge in [-0.15, -0.1) is 0 Å². The third kappa shape index (κ3) is 50.7. The zero-order valence-corrected chi connectivity index (χ0v) is 47.0. The van der Waals surface area contributed by atoms with E-state index in [-0.39, 0.29) is 31.5 Å². The Balaban J connectivity index is 5.34. The van der Waals surface area contributed by atoms with Crippen LogP contribution >= 0.6 is 7.82 Å². The highest BCUT2D eigenvalue weighted by Crippen LogP contribution is 2.43. The molecule has 3 unspecified atom stereocenters. The number of amides is 1. The second-order valence-electron chi connectivity index (χ2n) is 20.8. The summed E-state index contributed by atoms with van der Waals surface area (Å²) in [5.41, 5.74) is 0. The number of nitrogens with one attached hydrogen (secondary N) is 1. The largest absolute Gasteiger partial charge is 0.472 e. The highest BCUT2D eigenvalue weighted by molar-refractivity contribution is 7.47. The van der Waals surface area contributed by atoms with E-state index in [2.05, 4.69) is 62.5 Å². The van der Waals surface area contributed by atoms with Crippen LogP contribution in [0.4, 0.5) is 0 Å². The second-order valence-corrected chi connectivity index (χ2v) is 22.2. The van der Waals surface area contributed by atoms with Gasteiger partial charge in [-0.3, -0.25) is 18.6 Å². The Morgan fingerprint density at radius 2 is 0.928 bits per heavy atom.